The van der Waals surface area contributed by atoms with E-state index in [-0.39, 0.29) is 18.3 Å². The second kappa shape index (κ2) is 8.32. The fourth-order valence-electron chi connectivity index (χ4n) is 3.32. The number of anilines is 1. The van der Waals surface area contributed by atoms with Crippen LogP contribution in [-0.4, -0.2) is 44.2 Å². The molecule has 0 atom stereocenters. The Hall–Kier alpha value is -2.71. The first-order valence-corrected chi connectivity index (χ1v) is 8.76. The van der Waals surface area contributed by atoms with Crippen LogP contribution in [0.5, 0.6) is 0 Å². The molecule has 0 saturated carbocycles. The van der Waals surface area contributed by atoms with Crippen molar-refractivity contribution in [1.82, 2.24) is 30.5 Å². The van der Waals surface area contributed by atoms with Crippen LogP contribution in [0.3, 0.4) is 0 Å². The highest BCUT2D eigenvalue weighted by molar-refractivity contribution is 6.03. The minimum absolute atomic E-state index is 0. The van der Waals surface area contributed by atoms with E-state index in [1.54, 1.807) is 6.20 Å². The highest BCUT2D eigenvalue weighted by Gasteiger charge is 2.23. The van der Waals surface area contributed by atoms with Gasteiger partial charge in [0.05, 0.1) is 17.4 Å². The molecule has 0 bridgehead atoms. The number of H-pyrrole nitrogens is 1. The normalized spacial score (nSPS) is 14.6. The third-order valence-electron chi connectivity index (χ3n) is 4.73. The molecule has 9 heteroatoms. The van der Waals surface area contributed by atoms with Crippen molar-refractivity contribution in [2.45, 2.75) is 25.8 Å². The number of aromatic nitrogens is 5. The Labute approximate surface area is 163 Å². The van der Waals surface area contributed by atoms with Gasteiger partial charge in [-0.05, 0) is 51.1 Å². The van der Waals surface area contributed by atoms with E-state index in [9.17, 15) is 4.79 Å². The van der Waals surface area contributed by atoms with Crippen LogP contribution in [0.4, 0.5) is 5.69 Å². The molecule has 0 unspecified atom stereocenters. The quantitative estimate of drug-likeness (QED) is 0.638. The summed E-state index contributed by atoms with van der Waals surface area (Å²) in [5.74, 6) is -0.246. The monoisotopic (exact) mass is 387 g/mol. The van der Waals surface area contributed by atoms with Gasteiger partial charge in [0.25, 0.3) is 5.91 Å². The number of aromatic amines is 1. The number of rotatable bonds is 4. The van der Waals surface area contributed by atoms with Gasteiger partial charge in [-0.15, -0.1) is 17.5 Å². The topological polar surface area (TPSA) is 101 Å². The summed E-state index contributed by atoms with van der Waals surface area (Å²) in [6.07, 6.45) is 3.69. The minimum atomic E-state index is -0.246. The molecular formula is C18H22ClN7O. The Morgan fingerprint density at radius 2 is 2.07 bits per heavy atom. The zero-order valence-corrected chi connectivity index (χ0v) is 15.8. The molecule has 3 aromatic rings. The molecule has 1 saturated heterocycles. The van der Waals surface area contributed by atoms with Gasteiger partial charge in [-0.1, -0.05) is 17.3 Å². The molecule has 1 fully saturated rings. The first-order valence-electron chi connectivity index (χ1n) is 8.76. The number of benzene rings is 1. The van der Waals surface area contributed by atoms with Crippen molar-refractivity contribution < 1.29 is 4.79 Å². The molecular weight excluding hydrogens is 366 g/mol. The van der Waals surface area contributed by atoms with Crippen LogP contribution in [0.1, 0.15) is 35.1 Å². The molecule has 3 heterocycles. The Bertz CT molecular complexity index is 900. The molecule has 0 aliphatic carbocycles. The summed E-state index contributed by atoms with van der Waals surface area (Å²) in [4.78, 5) is 12.7. The predicted molar refractivity (Wildman–Crippen MR) is 105 cm³/mol. The summed E-state index contributed by atoms with van der Waals surface area (Å²) < 4.78 is 1.89. The third-order valence-corrected chi connectivity index (χ3v) is 4.73. The molecule has 1 aliphatic rings. The number of nitrogens with zero attached hydrogens (tertiary/aromatic N) is 4. The van der Waals surface area contributed by atoms with Crippen LogP contribution in [0, 0.1) is 6.92 Å². The zero-order valence-electron chi connectivity index (χ0n) is 15.0. The van der Waals surface area contributed by atoms with Crippen LogP contribution < -0.4 is 10.6 Å². The average molecular weight is 388 g/mol. The number of amides is 1. The molecule has 27 heavy (non-hydrogen) atoms. The lowest BCUT2D eigenvalue weighted by Crippen LogP contribution is -2.30. The summed E-state index contributed by atoms with van der Waals surface area (Å²) in [5, 5.41) is 21.5. The first kappa shape index (κ1) is 19.1. The molecule has 4 rings (SSSR count). The minimum Gasteiger partial charge on any atom is -0.321 e. The van der Waals surface area contributed by atoms with Gasteiger partial charge in [-0.25, -0.2) is 4.68 Å². The molecule has 8 nitrogen and oxygen atoms in total. The molecule has 3 N–H and O–H groups in total. The van der Waals surface area contributed by atoms with E-state index in [4.69, 9.17) is 0 Å². The van der Waals surface area contributed by atoms with Gasteiger partial charge < -0.3 is 10.6 Å². The third kappa shape index (κ3) is 4.01. The largest absolute Gasteiger partial charge is 0.321 e. The first-order chi connectivity index (χ1) is 12.7. The Morgan fingerprint density at radius 3 is 2.81 bits per heavy atom. The highest BCUT2D eigenvalue weighted by Crippen LogP contribution is 2.23. The standard InChI is InChI=1S/C18H21N7O.ClH/c1-12-17(23-24-25(12)15-5-8-19-9-6-15)18(26)21-14-4-2-3-13(11-14)16-7-10-20-22-16;/h2-4,7,10-11,15,19H,5-6,8-9H2,1H3,(H,20,22)(H,21,26);1H. The van der Waals surface area contributed by atoms with E-state index in [0.29, 0.717) is 17.4 Å². The number of carbonyl (C=O) groups is 1. The Balaban J connectivity index is 0.00000210. The van der Waals surface area contributed by atoms with E-state index < -0.39 is 0 Å². The van der Waals surface area contributed by atoms with Crippen molar-refractivity contribution in [3.8, 4) is 11.3 Å². The number of hydrogen-bond acceptors (Lipinski definition) is 5. The predicted octanol–water partition coefficient (Wildman–Crippen LogP) is 2.58. The lowest BCUT2D eigenvalue weighted by Gasteiger charge is -2.23. The SMILES string of the molecule is Cc1c(C(=O)Nc2cccc(-c3ccn[nH]3)c2)nnn1C1CCNCC1.Cl. The van der Waals surface area contributed by atoms with Crippen molar-refractivity contribution in [3.63, 3.8) is 0 Å². The molecule has 1 aliphatic heterocycles. The Morgan fingerprint density at radius 1 is 1.26 bits per heavy atom. The van der Waals surface area contributed by atoms with Gasteiger partial charge in [-0.2, -0.15) is 5.10 Å². The maximum Gasteiger partial charge on any atom is 0.278 e. The Kier molecular flexibility index (Phi) is 5.88. The van der Waals surface area contributed by atoms with E-state index in [1.807, 2.05) is 41.9 Å². The van der Waals surface area contributed by atoms with Crippen molar-refractivity contribution in [2.75, 3.05) is 18.4 Å². The number of halogens is 1. The van der Waals surface area contributed by atoms with E-state index in [0.717, 1.165) is 42.9 Å². The van der Waals surface area contributed by atoms with Crippen LogP contribution in [-0.2, 0) is 0 Å². The van der Waals surface area contributed by atoms with Gasteiger partial charge in [0, 0.05) is 17.4 Å². The second-order valence-electron chi connectivity index (χ2n) is 6.45. The second-order valence-corrected chi connectivity index (χ2v) is 6.45. The number of piperidine rings is 1. The molecule has 142 valence electrons. The lowest BCUT2D eigenvalue weighted by atomic mass is 10.1. The average Bonchev–Trinajstić information content (AvgIpc) is 3.32. The fraction of sp³-hybridized carbons (Fsp3) is 0.333. The van der Waals surface area contributed by atoms with Gasteiger partial charge in [0.2, 0.25) is 0 Å². The maximum absolute atomic E-state index is 12.7. The summed E-state index contributed by atoms with van der Waals surface area (Å²) in [6, 6.07) is 9.79. The number of hydrogen-bond donors (Lipinski definition) is 3. The molecule has 1 amide bonds. The van der Waals surface area contributed by atoms with Gasteiger partial charge in [0.15, 0.2) is 5.69 Å². The highest BCUT2D eigenvalue weighted by atomic mass is 35.5. The van der Waals surface area contributed by atoms with Crippen LogP contribution in [0.2, 0.25) is 0 Å². The zero-order chi connectivity index (χ0) is 17.9. The summed E-state index contributed by atoms with van der Waals surface area (Å²) in [7, 11) is 0. The molecule has 0 spiro atoms. The molecule has 0 radical (unpaired) electrons. The van der Waals surface area contributed by atoms with Crippen LogP contribution in [0.15, 0.2) is 36.5 Å². The summed E-state index contributed by atoms with van der Waals surface area (Å²) in [6.45, 7) is 3.83. The molecule has 2 aromatic heterocycles. The van der Waals surface area contributed by atoms with Gasteiger partial charge in [-0.3, -0.25) is 9.89 Å². The van der Waals surface area contributed by atoms with E-state index >= 15 is 0 Å². The number of carbonyl (C=O) groups excluding carboxylic acids is 1. The van der Waals surface area contributed by atoms with E-state index in [1.165, 1.54) is 0 Å². The summed E-state index contributed by atoms with van der Waals surface area (Å²) in [5.41, 5.74) is 3.73. The van der Waals surface area contributed by atoms with Crippen molar-refractivity contribution in [3.05, 3.63) is 47.9 Å². The number of nitrogens with one attached hydrogen (secondary N) is 3. The van der Waals surface area contributed by atoms with E-state index in [2.05, 4.69) is 31.1 Å². The summed E-state index contributed by atoms with van der Waals surface area (Å²) >= 11 is 0. The fourth-order valence-corrected chi connectivity index (χ4v) is 3.32. The van der Waals surface area contributed by atoms with Crippen LogP contribution in [0.25, 0.3) is 11.3 Å². The smallest absolute Gasteiger partial charge is 0.278 e. The van der Waals surface area contributed by atoms with Gasteiger partial charge in [0.1, 0.15) is 0 Å². The lowest BCUT2D eigenvalue weighted by molar-refractivity contribution is 0.102. The van der Waals surface area contributed by atoms with Crippen molar-refractivity contribution >= 4 is 24.0 Å². The molecule has 1 aromatic carbocycles. The van der Waals surface area contributed by atoms with Crippen molar-refractivity contribution in [1.29, 1.82) is 0 Å². The van der Waals surface area contributed by atoms with Crippen LogP contribution >= 0.6 is 12.4 Å². The van der Waals surface area contributed by atoms with Crippen molar-refractivity contribution in [2.24, 2.45) is 0 Å². The maximum atomic E-state index is 12.7. The van der Waals surface area contributed by atoms with Gasteiger partial charge >= 0.3 is 0 Å².